The van der Waals surface area contributed by atoms with Crippen molar-refractivity contribution >= 4 is 11.3 Å². The molecule has 0 spiro atoms. The lowest BCUT2D eigenvalue weighted by Crippen LogP contribution is -2.22. The number of hydrogen-bond donors (Lipinski definition) is 1. The summed E-state index contributed by atoms with van der Waals surface area (Å²) in [5.74, 6) is 1.88. The lowest BCUT2D eigenvalue weighted by molar-refractivity contribution is 0.398. The van der Waals surface area contributed by atoms with Crippen molar-refractivity contribution in [2.75, 3.05) is 13.7 Å². The van der Waals surface area contributed by atoms with E-state index in [-0.39, 0.29) is 0 Å². The van der Waals surface area contributed by atoms with E-state index < -0.39 is 0 Å². The minimum atomic E-state index is 0.523. The van der Waals surface area contributed by atoms with E-state index in [1.807, 2.05) is 0 Å². The molecule has 0 aliphatic heterocycles. The summed E-state index contributed by atoms with van der Waals surface area (Å²) < 4.78 is 5.36. The normalized spacial score (nSPS) is 18.1. The second-order valence-corrected chi connectivity index (χ2v) is 4.67. The van der Waals surface area contributed by atoms with Crippen molar-refractivity contribution in [3.63, 3.8) is 0 Å². The average molecular weight is 211 g/mol. The molecule has 0 radical (unpaired) electrons. The van der Waals surface area contributed by atoms with Gasteiger partial charge in [0.2, 0.25) is 0 Å². The Kier molecular flexibility index (Phi) is 3.08. The summed E-state index contributed by atoms with van der Waals surface area (Å²) in [6, 6.07) is 2.59. The van der Waals surface area contributed by atoms with Crippen LogP contribution in [-0.2, 0) is 0 Å². The number of thiophene rings is 1. The van der Waals surface area contributed by atoms with Crippen LogP contribution >= 0.6 is 11.3 Å². The zero-order valence-corrected chi connectivity index (χ0v) is 9.56. The van der Waals surface area contributed by atoms with Crippen molar-refractivity contribution in [2.45, 2.75) is 25.8 Å². The molecule has 1 aliphatic rings. The van der Waals surface area contributed by atoms with E-state index in [4.69, 9.17) is 4.74 Å². The van der Waals surface area contributed by atoms with E-state index >= 15 is 0 Å². The Labute approximate surface area is 89.3 Å². The maximum absolute atomic E-state index is 5.36. The molecule has 78 valence electrons. The molecule has 2 nitrogen and oxygen atoms in total. The first-order valence-electron chi connectivity index (χ1n) is 5.21. The van der Waals surface area contributed by atoms with Gasteiger partial charge in [-0.3, -0.25) is 0 Å². The van der Waals surface area contributed by atoms with Gasteiger partial charge in [0.1, 0.15) is 5.75 Å². The number of ether oxygens (including phenoxy) is 1. The van der Waals surface area contributed by atoms with Crippen LogP contribution in [0.2, 0.25) is 0 Å². The van der Waals surface area contributed by atoms with E-state index in [2.05, 4.69) is 23.7 Å². The third kappa shape index (κ3) is 1.93. The summed E-state index contributed by atoms with van der Waals surface area (Å²) in [4.78, 5) is 1.37. The second kappa shape index (κ2) is 4.32. The first-order valence-corrected chi connectivity index (χ1v) is 6.09. The zero-order chi connectivity index (χ0) is 9.97. The first kappa shape index (κ1) is 9.99. The summed E-state index contributed by atoms with van der Waals surface area (Å²) >= 11 is 1.80. The SMILES string of the molecule is CCNC(c1sccc1OC)C1CC1. The molecular formula is C11H17NOS. The zero-order valence-electron chi connectivity index (χ0n) is 8.75. The van der Waals surface area contributed by atoms with Crippen LogP contribution in [0.15, 0.2) is 11.4 Å². The van der Waals surface area contributed by atoms with Crippen molar-refractivity contribution in [2.24, 2.45) is 5.92 Å². The Morgan fingerprint density at radius 3 is 3.00 bits per heavy atom. The quantitative estimate of drug-likeness (QED) is 0.808. The van der Waals surface area contributed by atoms with Crippen LogP contribution in [0.4, 0.5) is 0 Å². The highest BCUT2D eigenvalue weighted by atomic mass is 32.1. The molecule has 1 fully saturated rings. The number of hydrogen-bond acceptors (Lipinski definition) is 3. The van der Waals surface area contributed by atoms with E-state index in [1.54, 1.807) is 18.4 Å². The van der Waals surface area contributed by atoms with Crippen molar-refractivity contribution in [3.8, 4) is 5.75 Å². The van der Waals surface area contributed by atoms with Gasteiger partial charge in [-0.1, -0.05) is 6.92 Å². The highest BCUT2D eigenvalue weighted by Gasteiger charge is 2.33. The molecule has 1 unspecified atom stereocenters. The van der Waals surface area contributed by atoms with Crippen LogP contribution < -0.4 is 10.1 Å². The van der Waals surface area contributed by atoms with E-state index in [9.17, 15) is 0 Å². The Hall–Kier alpha value is -0.540. The van der Waals surface area contributed by atoms with Crippen molar-refractivity contribution in [1.29, 1.82) is 0 Å². The van der Waals surface area contributed by atoms with Gasteiger partial charge in [0.15, 0.2) is 0 Å². The van der Waals surface area contributed by atoms with E-state index in [0.717, 1.165) is 18.2 Å². The lowest BCUT2D eigenvalue weighted by atomic mass is 10.1. The molecule has 1 N–H and O–H groups in total. The minimum absolute atomic E-state index is 0.523. The molecule has 0 amide bonds. The molecule has 0 aromatic carbocycles. The molecule has 0 saturated heterocycles. The van der Waals surface area contributed by atoms with Gasteiger partial charge < -0.3 is 10.1 Å². The minimum Gasteiger partial charge on any atom is -0.496 e. The summed E-state index contributed by atoms with van der Waals surface area (Å²) in [5, 5.41) is 5.66. The fourth-order valence-electron chi connectivity index (χ4n) is 1.83. The van der Waals surface area contributed by atoms with Crippen LogP contribution in [0.3, 0.4) is 0 Å². The van der Waals surface area contributed by atoms with Crippen LogP contribution in [0.5, 0.6) is 5.75 Å². The maximum Gasteiger partial charge on any atom is 0.134 e. The number of nitrogens with one attached hydrogen (secondary N) is 1. The highest BCUT2D eigenvalue weighted by Crippen LogP contribution is 2.45. The molecule has 1 atom stereocenters. The predicted octanol–water partition coefficient (Wildman–Crippen LogP) is 2.82. The average Bonchev–Trinajstić information content (AvgIpc) is 2.92. The third-order valence-electron chi connectivity index (χ3n) is 2.68. The standard InChI is InChI=1S/C11H17NOS/c1-3-12-10(8-4-5-8)11-9(13-2)6-7-14-11/h6-8,10,12H,3-5H2,1-2H3. The summed E-state index contributed by atoms with van der Waals surface area (Å²) in [6.07, 6.45) is 2.72. The van der Waals surface area contributed by atoms with E-state index in [0.29, 0.717) is 6.04 Å². The molecule has 1 saturated carbocycles. The first-order chi connectivity index (χ1) is 6.86. The van der Waals surface area contributed by atoms with Gasteiger partial charge in [0.25, 0.3) is 0 Å². The van der Waals surface area contributed by atoms with Gasteiger partial charge in [-0.25, -0.2) is 0 Å². The summed E-state index contributed by atoms with van der Waals surface area (Å²) in [7, 11) is 1.75. The third-order valence-corrected chi connectivity index (χ3v) is 3.66. The monoisotopic (exact) mass is 211 g/mol. The predicted molar refractivity (Wildman–Crippen MR) is 60.0 cm³/mol. The van der Waals surface area contributed by atoms with Crippen molar-refractivity contribution < 1.29 is 4.74 Å². The summed E-state index contributed by atoms with van der Waals surface area (Å²) in [5.41, 5.74) is 0. The van der Waals surface area contributed by atoms with Gasteiger partial charge in [-0.15, -0.1) is 11.3 Å². The Morgan fingerprint density at radius 2 is 2.43 bits per heavy atom. The van der Waals surface area contributed by atoms with Crippen molar-refractivity contribution in [3.05, 3.63) is 16.3 Å². The Balaban J connectivity index is 2.16. The Bertz CT molecular complexity index is 293. The van der Waals surface area contributed by atoms with Gasteiger partial charge in [-0.05, 0) is 36.8 Å². The molecule has 14 heavy (non-hydrogen) atoms. The molecule has 1 heterocycles. The molecule has 0 bridgehead atoms. The largest absolute Gasteiger partial charge is 0.496 e. The van der Waals surface area contributed by atoms with E-state index in [1.165, 1.54) is 17.7 Å². The Morgan fingerprint density at radius 1 is 1.64 bits per heavy atom. The van der Waals surface area contributed by atoms with Crippen LogP contribution in [0.25, 0.3) is 0 Å². The molecule has 2 rings (SSSR count). The van der Waals surface area contributed by atoms with Gasteiger partial charge in [0.05, 0.1) is 12.0 Å². The maximum atomic E-state index is 5.36. The molecule has 1 aromatic heterocycles. The lowest BCUT2D eigenvalue weighted by Gasteiger charge is -2.16. The molecule has 1 aromatic rings. The van der Waals surface area contributed by atoms with Gasteiger partial charge in [0, 0.05) is 6.04 Å². The van der Waals surface area contributed by atoms with Gasteiger partial charge >= 0.3 is 0 Å². The molecule has 1 aliphatic carbocycles. The molecule has 3 heteroatoms. The topological polar surface area (TPSA) is 21.3 Å². The van der Waals surface area contributed by atoms with Crippen molar-refractivity contribution in [1.82, 2.24) is 5.32 Å². The second-order valence-electron chi connectivity index (χ2n) is 3.73. The highest BCUT2D eigenvalue weighted by molar-refractivity contribution is 7.10. The fourth-order valence-corrected chi connectivity index (χ4v) is 2.86. The fraction of sp³-hybridized carbons (Fsp3) is 0.636. The van der Waals surface area contributed by atoms with Crippen LogP contribution in [0.1, 0.15) is 30.7 Å². The number of rotatable bonds is 5. The molecular weight excluding hydrogens is 194 g/mol. The van der Waals surface area contributed by atoms with Crippen LogP contribution in [0, 0.1) is 5.92 Å². The van der Waals surface area contributed by atoms with Gasteiger partial charge in [-0.2, -0.15) is 0 Å². The number of methoxy groups -OCH3 is 1. The summed E-state index contributed by atoms with van der Waals surface area (Å²) in [6.45, 7) is 3.19. The smallest absolute Gasteiger partial charge is 0.134 e. The van der Waals surface area contributed by atoms with Crippen LogP contribution in [-0.4, -0.2) is 13.7 Å².